The molecule has 5 aliphatic rings. The molecule has 0 bridgehead atoms. The number of hydrogen-bond donors (Lipinski definition) is 0. The molecule has 4 heteroatoms. The molecule has 0 fully saturated rings. The molecule has 11 rings (SSSR count). The Hall–Kier alpha value is -4.28. The van der Waals surface area contributed by atoms with Gasteiger partial charge in [-0.25, -0.2) is 0 Å². The first-order valence-corrected chi connectivity index (χ1v) is 27.1. The van der Waals surface area contributed by atoms with Gasteiger partial charge in [0.2, 0.25) is 0 Å². The molecule has 3 aliphatic carbocycles. The molecular formula is C64H79BN2S. The van der Waals surface area contributed by atoms with Crippen LogP contribution in [0, 0.1) is 0 Å². The number of nitrogens with zero attached hydrogens (tertiary/aromatic N) is 2. The molecule has 1 aromatic heterocycles. The van der Waals surface area contributed by atoms with E-state index >= 15 is 0 Å². The lowest BCUT2D eigenvalue weighted by Crippen LogP contribution is -2.61. The number of anilines is 6. The van der Waals surface area contributed by atoms with Gasteiger partial charge in [-0.3, -0.25) is 0 Å². The van der Waals surface area contributed by atoms with Gasteiger partial charge in [0.05, 0.1) is 5.00 Å². The molecule has 6 aromatic rings. The van der Waals surface area contributed by atoms with Gasteiger partial charge >= 0.3 is 0 Å². The van der Waals surface area contributed by atoms with Gasteiger partial charge in [0.25, 0.3) is 6.71 Å². The molecule has 0 N–H and O–H groups in total. The summed E-state index contributed by atoms with van der Waals surface area (Å²) in [6, 6.07) is 33.3. The van der Waals surface area contributed by atoms with Crippen molar-refractivity contribution in [3.63, 3.8) is 0 Å². The van der Waals surface area contributed by atoms with Crippen LogP contribution in [0.25, 0.3) is 10.1 Å². The second-order valence-corrected chi connectivity index (χ2v) is 29.3. The molecule has 5 aromatic carbocycles. The van der Waals surface area contributed by atoms with Gasteiger partial charge in [0.1, 0.15) is 0 Å². The summed E-state index contributed by atoms with van der Waals surface area (Å²) >= 11 is 2.05. The fourth-order valence-electron chi connectivity index (χ4n) is 13.4. The van der Waals surface area contributed by atoms with Gasteiger partial charge in [-0.15, -0.1) is 11.3 Å². The Morgan fingerprint density at radius 2 is 0.838 bits per heavy atom. The summed E-state index contributed by atoms with van der Waals surface area (Å²) in [6.07, 6.45) is 7.20. The summed E-state index contributed by atoms with van der Waals surface area (Å²) < 4.78 is 1.42. The fourth-order valence-corrected chi connectivity index (χ4v) is 14.7. The van der Waals surface area contributed by atoms with Crippen molar-refractivity contribution < 1.29 is 0 Å². The van der Waals surface area contributed by atoms with Crippen LogP contribution >= 0.6 is 11.3 Å². The monoisotopic (exact) mass is 919 g/mol. The van der Waals surface area contributed by atoms with E-state index in [2.05, 4.69) is 213 Å². The van der Waals surface area contributed by atoms with Crippen LogP contribution in [0.2, 0.25) is 0 Å². The van der Waals surface area contributed by atoms with Crippen LogP contribution in [0.3, 0.4) is 0 Å². The molecule has 0 amide bonds. The predicted molar refractivity (Wildman–Crippen MR) is 299 cm³/mol. The minimum absolute atomic E-state index is 0.0148. The Balaban J connectivity index is 1.29. The maximum Gasteiger partial charge on any atom is 0.254 e. The summed E-state index contributed by atoms with van der Waals surface area (Å²) in [5, 5.41) is 2.83. The smallest absolute Gasteiger partial charge is 0.254 e. The molecule has 2 aliphatic heterocycles. The van der Waals surface area contributed by atoms with Crippen molar-refractivity contribution in [1.82, 2.24) is 0 Å². The molecule has 0 unspecified atom stereocenters. The standard InChI is InChI=1S/C64H79BN2S/c1-57(2,3)38-19-24-50-49(31-38)65-54-42-36-47-48(64(17,18)30-29-63(47,15)16)37-53(42)68-56(54)67(41-21-23-44-46(35-41)62(13,14)28-26-60(44,9)10)52-33-39(58(4,5)6)32-51(55(52)65)66(50)40-20-22-43-45(34-40)61(11,12)27-25-59(43,7)8/h19-24,31-37H,25-30H2,1-18H3. The minimum Gasteiger partial charge on any atom is -0.311 e. The van der Waals surface area contributed by atoms with Crippen LogP contribution in [0.15, 0.2) is 78.9 Å². The molecule has 0 saturated heterocycles. The largest absolute Gasteiger partial charge is 0.311 e. The molecule has 68 heavy (non-hydrogen) atoms. The Kier molecular flexibility index (Phi) is 9.63. The van der Waals surface area contributed by atoms with E-state index in [0.29, 0.717) is 0 Å². The normalized spacial score (nSPS) is 21.1. The van der Waals surface area contributed by atoms with E-state index in [9.17, 15) is 0 Å². The van der Waals surface area contributed by atoms with E-state index in [1.54, 1.807) is 11.1 Å². The maximum atomic E-state index is 2.76. The Labute approximate surface area is 415 Å². The maximum absolute atomic E-state index is 2.76. The van der Waals surface area contributed by atoms with Crippen molar-refractivity contribution in [3.05, 3.63) is 123 Å². The Bertz CT molecular complexity index is 3120. The SMILES string of the molecule is CC(C)(C)c1ccc2c(c1)B1c3c(cc(C(C)(C)C)cc3N(c3ccc4c(c3)C(C)(C)CCC4(C)C)c3sc4cc5c(cc4c31)C(C)(C)CCC5(C)C)N2c1ccc2c(c1)C(C)(C)CCC2(C)C. The van der Waals surface area contributed by atoms with Crippen molar-refractivity contribution in [1.29, 1.82) is 0 Å². The zero-order valence-corrected chi connectivity index (χ0v) is 45.9. The van der Waals surface area contributed by atoms with Gasteiger partial charge in [0.15, 0.2) is 0 Å². The highest BCUT2D eigenvalue weighted by atomic mass is 32.1. The molecule has 2 nitrogen and oxygen atoms in total. The fraction of sp³-hybridized carbons (Fsp3) is 0.500. The van der Waals surface area contributed by atoms with Crippen LogP contribution in [-0.4, -0.2) is 6.71 Å². The summed E-state index contributed by atoms with van der Waals surface area (Å²) in [6.45, 7) is 44.2. The summed E-state index contributed by atoms with van der Waals surface area (Å²) in [5.74, 6) is 0. The van der Waals surface area contributed by atoms with Gasteiger partial charge in [-0.2, -0.15) is 0 Å². The lowest BCUT2D eigenvalue weighted by atomic mass is 9.33. The third kappa shape index (κ3) is 6.74. The van der Waals surface area contributed by atoms with Crippen molar-refractivity contribution in [2.75, 3.05) is 9.80 Å². The first kappa shape index (κ1) is 46.1. The van der Waals surface area contributed by atoms with Crippen molar-refractivity contribution in [3.8, 4) is 0 Å². The first-order valence-electron chi connectivity index (χ1n) is 26.3. The van der Waals surface area contributed by atoms with Crippen molar-refractivity contribution >= 4 is 78.0 Å². The number of fused-ring (bicyclic) bond motifs is 9. The van der Waals surface area contributed by atoms with E-state index in [1.807, 2.05) is 11.3 Å². The van der Waals surface area contributed by atoms with Crippen LogP contribution in [0.1, 0.15) is 208 Å². The lowest BCUT2D eigenvalue weighted by Gasteiger charge is -2.46. The zero-order chi connectivity index (χ0) is 48.8. The van der Waals surface area contributed by atoms with E-state index in [1.165, 1.54) is 132 Å². The van der Waals surface area contributed by atoms with Gasteiger partial charge in [-0.05, 0) is 203 Å². The molecule has 0 spiro atoms. The Morgan fingerprint density at radius 1 is 0.412 bits per heavy atom. The van der Waals surface area contributed by atoms with Crippen LogP contribution in [0.5, 0.6) is 0 Å². The van der Waals surface area contributed by atoms with Gasteiger partial charge in [-0.1, -0.05) is 149 Å². The van der Waals surface area contributed by atoms with Crippen molar-refractivity contribution in [2.24, 2.45) is 0 Å². The molecule has 3 heterocycles. The van der Waals surface area contributed by atoms with Gasteiger partial charge < -0.3 is 9.80 Å². The molecule has 354 valence electrons. The highest BCUT2D eigenvalue weighted by Crippen LogP contribution is 2.55. The molecule has 0 atom stereocenters. The third-order valence-electron chi connectivity index (χ3n) is 18.6. The first-order chi connectivity index (χ1) is 31.4. The quantitative estimate of drug-likeness (QED) is 0.159. The predicted octanol–water partition coefficient (Wildman–Crippen LogP) is 16.6. The van der Waals surface area contributed by atoms with E-state index < -0.39 is 0 Å². The highest BCUT2D eigenvalue weighted by molar-refractivity contribution is 7.26. The topological polar surface area (TPSA) is 6.48 Å². The van der Waals surface area contributed by atoms with E-state index in [-0.39, 0.29) is 50.0 Å². The number of benzene rings is 5. The lowest BCUT2D eigenvalue weighted by molar-refractivity contribution is 0.332. The summed E-state index contributed by atoms with van der Waals surface area (Å²) in [7, 11) is 0. The number of hydrogen-bond acceptors (Lipinski definition) is 3. The highest BCUT2D eigenvalue weighted by Gasteiger charge is 2.49. The second kappa shape index (κ2) is 14.2. The van der Waals surface area contributed by atoms with E-state index in [0.717, 1.165) is 0 Å². The number of rotatable bonds is 2. The summed E-state index contributed by atoms with van der Waals surface area (Å²) in [5.41, 5.74) is 23.3. The second-order valence-electron chi connectivity index (χ2n) is 28.3. The van der Waals surface area contributed by atoms with Gasteiger partial charge in [0, 0.05) is 33.1 Å². The van der Waals surface area contributed by atoms with Crippen LogP contribution in [0.4, 0.5) is 33.4 Å². The molecule has 0 saturated carbocycles. The van der Waals surface area contributed by atoms with Crippen molar-refractivity contribution in [2.45, 2.75) is 206 Å². The minimum atomic E-state index is -0.0882. The van der Waals surface area contributed by atoms with Crippen LogP contribution in [-0.2, 0) is 43.3 Å². The zero-order valence-electron chi connectivity index (χ0n) is 45.1. The molecule has 0 radical (unpaired) electrons. The number of thiophene rings is 1. The average Bonchev–Trinajstić information content (AvgIpc) is 3.62. The van der Waals surface area contributed by atoms with Crippen LogP contribution < -0.4 is 26.2 Å². The third-order valence-corrected chi connectivity index (χ3v) is 19.7. The average molecular weight is 919 g/mol. The van der Waals surface area contributed by atoms with E-state index in [4.69, 9.17) is 0 Å². The molecular weight excluding hydrogens is 840 g/mol. The summed E-state index contributed by atoms with van der Waals surface area (Å²) in [4.78, 5) is 5.46. The Morgan fingerprint density at radius 3 is 1.32 bits per heavy atom.